The van der Waals surface area contributed by atoms with Crippen molar-refractivity contribution < 1.29 is 18.7 Å². The maximum absolute atomic E-state index is 13.3. The van der Waals surface area contributed by atoms with Crippen LogP contribution in [0.15, 0.2) is 12.1 Å². The summed E-state index contributed by atoms with van der Waals surface area (Å²) in [5.41, 5.74) is 1.12. The Morgan fingerprint density at radius 3 is 2.91 bits per heavy atom. The molecule has 3 heterocycles. The monoisotopic (exact) mass is 337 g/mol. The van der Waals surface area contributed by atoms with Crippen LogP contribution in [0.5, 0.6) is 5.75 Å². The molecule has 23 heavy (non-hydrogen) atoms. The van der Waals surface area contributed by atoms with E-state index in [1.807, 2.05) is 0 Å². The van der Waals surface area contributed by atoms with E-state index in [4.69, 9.17) is 9.47 Å². The van der Waals surface area contributed by atoms with Crippen molar-refractivity contribution in [1.82, 2.24) is 9.97 Å². The molecule has 1 N–H and O–H groups in total. The molecule has 122 valence electrons. The van der Waals surface area contributed by atoms with E-state index in [9.17, 15) is 9.18 Å². The van der Waals surface area contributed by atoms with Gasteiger partial charge in [-0.05, 0) is 13.8 Å². The van der Waals surface area contributed by atoms with Gasteiger partial charge in [-0.1, -0.05) is 11.3 Å². The van der Waals surface area contributed by atoms with Crippen molar-refractivity contribution in [3.63, 3.8) is 0 Å². The number of ether oxygens (including phenoxy) is 2. The summed E-state index contributed by atoms with van der Waals surface area (Å²) < 4.78 is 24.4. The molecule has 0 bridgehead atoms. The zero-order valence-corrected chi connectivity index (χ0v) is 13.6. The number of pyridine rings is 1. The van der Waals surface area contributed by atoms with Crippen molar-refractivity contribution in [2.24, 2.45) is 0 Å². The van der Waals surface area contributed by atoms with Gasteiger partial charge in [-0.3, -0.25) is 10.1 Å². The zero-order chi connectivity index (χ0) is 16.4. The van der Waals surface area contributed by atoms with Crippen molar-refractivity contribution in [2.45, 2.75) is 26.4 Å². The van der Waals surface area contributed by atoms with Crippen LogP contribution in [0.1, 0.15) is 28.3 Å². The second kappa shape index (κ2) is 6.59. The standard InChI is InChI=1S/C15H16FN3O3S/c1-8-5-11(22-10-3-4-21-7-10)6-12(17-8)14(20)19-15-18-9(2)13(16)23-15/h5-6,10H,3-4,7H2,1-2H3,(H,18,19,20). The first kappa shape index (κ1) is 15.8. The highest BCUT2D eigenvalue weighted by molar-refractivity contribution is 7.14. The summed E-state index contributed by atoms with van der Waals surface area (Å²) in [6.07, 6.45) is 0.809. The molecule has 3 rings (SSSR count). The normalized spacial score (nSPS) is 17.3. The minimum Gasteiger partial charge on any atom is -0.488 e. The van der Waals surface area contributed by atoms with Gasteiger partial charge >= 0.3 is 0 Å². The first-order chi connectivity index (χ1) is 11.0. The number of aromatic nitrogens is 2. The minimum absolute atomic E-state index is 0.0107. The maximum atomic E-state index is 13.3. The van der Waals surface area contributed by atoms with Gasteiger partial charge in [0.15, 0.2) is 5.13 Å². The molecule has 2 aromatic heterocycles. The molecule has 8 heteroatoms. The van der Waals surface area contributed by atoms with Crippen molar-refractivity contribution in [2.75, 3.05) is 18.5 Å². The maximum Gasteiger partial charge on any atom is 0.276 e. The fraction of sp³-hybridized carbons (Fsp3) is 0.400. The van der Waals surface area contributed by atoms with E-state index in [1.54, 1.807) is 26.0 Å². The lowest BCUT2D eigenvalue weighted by Gasteiger charge is -2.13. The highest BCUT2D eigenvalue weighted by atomic mass is 32.1. The van der Waals surface area contributed by atoms with Gasteiger partial charge in [-0.15, -0.1) is 0 Å². The lowest BCUT2D eigenvalue weighted by atomic mass is 10.2. The Morgan fingerprint density at radius 1 is 1.43 bits per heavy atom. The molecule has 0 aromatic carbocycles. The number of carbonyl (C=O) groups is 1. The molecule has 2 aromatic rings. The van der Waals surface area contributed by atoms with E-state index in [1.165, 1.54) is 0 Å². The fourth-order valence-corrected chi connectivity index (χ4v) is 2.90. The van der Waals surface area contributed by atoms with Gasteiger partial charge < -0.3 is 9.47 Å². The van der Waals surface area contributed by atoms with Crippen LogP contribution in [-0.4, -0.2) is 35.2 Å². The first-order valence-corrected chi connectivity index (χ1v) is 8.00. The molecule has 1 unspecified atom stereocenters. The van der Waals surface area contributed by atoms with Gasteiger partial charge in [0.05, 0.1) is 18.9 Å². The van der Waals surface area contributed by atoms with E-state index >= 15 is 0 Å². The minimum atomic E-state index is -0.449. The smallest absolute Gasteiger partial charge is 0.276 e. The van der Waals surface area contributed by atoms with Crippen molar-refractivity contribution in [1.29, 1.82) is 0 Å². The van der Waals surface area contributed by atoms with Crippen LogP contribution in [-0.2, 0) is 4.74 Å². The number of hydrogen-bond acceptors (Lipinski definition) is 6. The predicted octanol–water partition coefficient (Wildman–Crippen LogP) is 2.71. The molecule has 1 aliphatic rings. The van der Waals surface area contributed by atoms with Gasteiger partial charge in [-0.25, -0.2) is 9.97 Å². The van der Waals surface area contributed by atoms with Gasteiger partial charge in [0.25, 0.3) is 5.91 Å². The van der Waals surface area contributed by atoms with Crippen LogP contribution in [0.2, 0.25) is 0 Å². The number of nitrogens with one attached hydrogen (secondary N) is 1. The number of rotatable bonds is 4. The molecule has 6 nitrogen and oxygen atoms in total. The summed E-state index contributed by atoms with van der Waals surface area (Å²) in [6.45, 7) is 4.54. The average Bonchev–Trinajstić information content (AvgIpc) is 3.09. The van der Waals surface area contributed by atoms with E-state index in [-0.39, 0.29) is 22.6 Å². The summed E-state index contributed by atoms with van der Waals surface area (Å²) in [7, 11) is 0. The van der Waals surface area contributed by atoms with Crippen LogP contribution in [0.25, 0.3) is 0 Å². The van der Waals surface area contributed by atoms with E-state index in [0.29, 0.717) is 24.7 Å². The highest BCUT2D eigenvalue weighted by Crippen LogP contribution is 2.22. The van der Waals surface area contributed by atoms with E-state index in [0.717, 1.165) is 17.8 Å². The lowest BCUT2D eigenvalue weighted by Crippen LogP contribution is -2.18. The number of carbonyl (C=O) groups excluding carboxylic acids is 1. The lowest BCUT2D eigenvalue weighted by molar-refractivity contribution is 0.102. The Bertz CT molecular complexity index is 709. The van der Waals surface area contributed by atoms with Gasteiger partial charge in [0.2, 0.25) is 5.13 Å². The molecule has 1 saturated heterocycles. The number of anilines is 1. The fourth-order valence-electron chi connectivity index (χ4n) is 2.21. The number of amides is 1. The SMILES string of the molecule is Cc1cc(OC2CCOC2)cc(C(=O)Nc2nc(C)c(F)s2)n1. The number of aryl methyl sites for hydroxylation is 2. The van der Waals surface area contributed by atoms with Crippen molar-refractivity contribution in [3.8, 4) is 5.75 Å². The number of halogens is 1. The second-order valence-electron chi connectivity index (χ2n) is 5.27. The summed E-state index contributed by atoms with van der Waals surface area (Å²) in [4.78, 5) is 20.4. The molecule has 1 aliphatic heterocycles. The Morgan fingerprint density at radius 2 is 2.26 bits per heavy atom. The molecule has 0 radical (unpaired) electrons. The Kier molecular flexibility index (Phi) is 4.53. The predicted molar refractivity (Wildman–Crippen MR) is 83.6 cm³/mol. The number of thiazole rings is 1. The third-order valence-corrected chi connectivity index (χ3v) is 4.17. The Hall–Kier alpha value is -2.06. The van der Waals surface area contributed by atoms with Crippen molar-refractivity contribution >= 4 is 22.4 Å². The molecule has 1 atom stereocenters. The van der Waals surface area contributed by atoms with Crippen LogP contribution < -0.4 is 10.1 Å². The first-order valence-electron chi connectivity index (χ1n) is 7.18. The van der Waals surface area contributed by atoms with E-state index in [2.05, 4.69) is 15.3 Å². The largest absolute Gasteiger partial charge is 0.488 e. The van der Waals surface area contributed by atoms with Gasteiger partial charge in [0, 0.05) is 24.2 Å². The summed E-state index contributed by atoms with van der Waals surface area (Å²) in [5, 5.41) is 2.35. The van der Waals surface area contributed by atoms with Crippen molar-refractivity contribution in [3.05, 3.63) is 34.3 Å². The van der Waals surface area contributed by atoms with Gasteiger partial charge in [-0.2, -0.15) is 4.39 Å². The number of hydrogen-bond donors (Lipinski definition) is 1. The molecule has 1 amide bonds. The van der Waals surface area contributed by atoms with Gasteiger partial charge in [0.1, 0.15) is 17.5 Å². The van der Waals surface area contributed by atoms with E-state index < -0.39 is 11.0 Å². The Labute approximate surface area is 136 Å². The highest BCUT2D eigenvalue weighted by Gasteiger charge is 2.19. The zero-order valence-electron chi connectivity index (χ0n) is 12.8. The van der Waals surface area contributed by atoms with Crippen LogP contribution in [0.3, 0.4) is 0 Å². The molecule has 0 spiro atoms. The molecule has 0 aliphatic carbocycles. The van der Waals surface area contributed by atoms with Crippen LogP contribution in [0, 0.1) is 19.0 Å². The molecule has 1 fully saturated rings. The summed E-state index contributed by atoms with van der Waals surface area (Å²) in [6, 6.07) is 3.33. The number of nitrogens with zero attached hydrogens (tertiary/aromatic N) is 2. The third kappa shape index (κ3) is 3.83. The average molecular weight is 337 g/mol. The van der Waals surface area contributed by atoms with Crippen LogP contribution in [0.4, 0.5) is 9.52 Å². The molecular weight excluding hydrogens is 321 g/mol. The second-order valence-corrected chi connectivity index (χ2v) is 6.21. The molecule has 0 saturated carbocycles. The summed E-state index contributed by atoms with van der Waals surface area (Å²) in [5.74, 6) is 0.120. The topological polar surface area (TPSA) is 73.3 Å². The summed E-state index contributed by atoms with van der Waals surface area (Å²) >= 11 is 0.787. The third-order valence-electron chi connectivity index (χ3n) is 3.31. The molecular formula is C15H16FN3O3S. The quantitative estimate of drug-likeness (QED) is 0.928. The van der Waals surface area contributed by atoms with Crippen LogP contribution >= 0.6 is 11.3 Å². The Balaban J connectivity index is 1.75.